The Bertz CT molecular complexity index is 344. The fourth-order valence-electron chi connectivity index (χ4n) is 1.94. The highest BCUT2D eigenvalue weighted by molar-refractivity contribution is 9.10. The largest absolute Gasteiger partial charge is 0.271 e. The number of nitrogens with one attached hydrogen (secondary N) is 1. The van der Waals surface area contributed by atoms with Gasteiger partial charge in [-0.15, -0.1) is 0 Å². The number of halogens is 2. The molecule has 1 rings (SSSR count). The van der Waals surface area contributed by atoms with Gasteiger partial charge in [0.1, 0.15) is 5.82 Å². The highest BCUT2D eigenvalue weighted by atomic mass is 79.9. The van der Waals surface area contributed by atoms with Gasteiger partial charge >= 0.3 is 0 Å². The highest BCUT2D eigenvalue weighted by Gasteiger charge is 2.20. The third-order valence-corrected chi connectivity index (χ3v) is 3.51. The van der Waals surface area contributed by atoms with Crippen LogP contribution in [0.5, 0.6) is 0 Å². The fraction of sp³-hybridized carbons (Fsp3) is 0.500. The summed E-state index contributed by atoms with van der Waals surface area (Å²) in [6.07, 6.45) is 2.14. The van der Waals surface area contributed by atoms with Gasteiger partial charge in [0.2, 0.25) is 0 Å². The van der Waals surface area contributed by atoms with Crippen LogP contribution in [0.4, 0.5) is 4.39 Å². The van der Waals surface area contributed by atoms with E-state index >= 15 is 0 Å². The lowest BCUT2D eigenvalue weighted by Crippen LogP contribution is -2.32. The van der Waals surface area contributed by atoms with Crippen molar-refractivity contribution in [1.82, 2.24) is 5.43 Å². The Labute approximate surface area is 105 Å². The van der Waals surface area contributed by atoms with E-state index < -0.39 is 0 Å². The molecule has 0 aliphatic heterocycles. The van der Waals surface area contributed by atoms with Gasteiger partial charge in [-0.05, 0) is 36.1 Å². The molecule has 4 heteroatoms. The van der Waals surface area contributed by atoms with E-state index in [1.54, 1.807) is 6.07 Å². The summed E-state index contributed by atoms with van der Waals surface area (Å²) in [5.41, 5.74) is 3.65. The maximum atomic E-state index is 13.2. The van der Waals surface area contributed by atoms with Crippen molar-refractivity contribution in [2.24, 2.45) is 11.8 Å². The molecular formula is C12H18BrFN2. The lowest BCUT2D eigenvalue weighted by molar-refractivity contribution is 0.366. The highest BCUT2D eigenvalue weighted by Crippen LogP contribution is 2.30. The predicted octanol–water partition coefficient (Wildman–Crippen LogP) is 3.53. The second-order valence-corrected chi connectivity index (χ2v) is 4.93. The van der Waals surface area contributed by atoms with E-state index in [0.717, 1.165) is 22.9 Å². The minimum atomic E-state index is -0.234. The van der Waals surface area contributed by atoms with Crippen molar-refractivity contribution in [3.8, 4) is 0 Å². The van der Waals surface area contributed by atoms with Gasteiger partial charge in [0.05, 0.1) is 0 Å². The molecule has 0 aromatic heterocycles. The number of hydrazine groups is 1. The number of nitrogens with two attached hydrogens (primary N) is 1. The van der Waals surface area contributed by atoms with Gasteiger partial charge in [-0.1, -0.05) is 36.2 Å². The minimum Gasteiger partial charge on any atom is -0.271 e. The van der Waals surface area contributed by atoms with Gasteiger partial charge in [-0.3, -0.25) is 11.3 Å². The van der Waals surface area contributed by atoms with Crippen LogP contribution in [0, 0.1) is 11.7 Å². The summed E-state index contributed by atoms with van der Waals surface area (Å²) in [4.78, 5) is 0. The fourth-order valence-corrected chi connectivity index (χ4v) is 2.43. The Morgan fingerprint density at radius 1 is 1.50 bits per heavy atom. The monoisotopic (exact) mass is 288 g/mol. The number of hydrogen-bond acceptors (Lipinski definition) is 2. The Hall–Kier alpha value is -0.450. The lowest BCUT2D eigenvalue weighted by Gasteiger charge is -2.24. The molecule has 16 heavy (non-hydrogen) atoms. The first-order chi connectivity index (χ1) is 7.60. The van der Waals surface area contributed by atoms with E-state index in [0.29, 0.717) is 5.92 Å². The standard InChI is InChI=1S/C12H18BrFN2/c1-3-4-8(2)12(16-15)10-7-9(14)5-6-11(10)13/h5-8,12,16H,3-4,15H2,1-2H3. The summed E-state index contributed by atoms with van der Waals surface area (Å²) in [5.74, 6) is 5.70. The Kier molecular flexibility index (Phi) is 5.38. The Balaban J connectivity index is 2.98. The van der Waals surface area contributed by atoms with E-state index in [9.17, 15) is 4.39 Å². The molecule has 2 atom stereocenters. The average Bonchev–Trinajstić information content (AvgIpc) is 2.24. The van der Waals surface area contributed by atoms with Crippen LogP contribution in [-0.4, -0.2) is 0 Å². The number of hydrogen-bond donors (Lipinski definition) is 2. The molecule has 0 aliphatic carbocycles. The van der Waals surface area contributed by atoms with Crippen molar-refractivity contribution >= 4 is 15.9 Å². The van der Waals surface area contributed by atoms with Crippen LogP contribution in [0.1, 0.15) is 38.3 Å². The van der Waals surface area contributed by atoms with E-state index in [-0.39, 0.29) is 11.9 Å². The van der Waals surface area contributed by atoms with Crippen LogP contribution in [0.3, 0.4) is 0 Å². The van der Waals surface area contributed by atoms with Gasteiger partial charge in [0.25, 0.3) is 0 Å². The van der Waals surface area contributed by atoms with Crippen molar-refractivity contribution in [2.45, 2.75) is 32.7 Å². The molecule has 2 nitrogen and oxygen atoms in total. The lowest BCUT2D eigenvalue weighted by atomic mass is 9.91. The third kappa shape index (κ3) is 3.27. The van der Waals surface area contributed by atoms with Gasteiger partial charge in [0.15, 0.2) is 0 Å². The molecule has 2 unspecified atom stereocenters. The molecule has 0 fully saturated rings. The molecule has 90 valence electrons. The molecule has 1 aromatic rings. The molecular weight excluding hydrogens is 271 g/mol. The van der Waals surface area contributed by atoms with E-state index in [2.05, 4.69) is 35.2 Å². The maximum Gasteiger partial charge on any atom is 0.123 e. The van der Waals surface area contributed by atoms with Crippen molar-refractivity contribution < 1.29 is 4.39 Å². The summed E-state index contributed by atoms with van der Waals surface area (Å²) in [7, 11) is 0. The summed E-state index contributed by atoms with van der Waals surface area (Å²) < 4.78 is 14.1. The Morgan fingerprint density at radius 2 is 2.19 bits per heavy atom. The summed E-state index contributed by atoms with van der Waals surface area (Å²) in [5, 5.41) is 0. The normalized spacial score (nSPS) is 14.8. The molecule has 0 saturated heterocycles. The minimum absolute atomic E-state index is 0.0231. The summed E-state index contributed by atoms with van der Waals surface area (Å²) in [6, 6.07) is 4.66. The maximum absolute atomic E-state index is 13.2. The van der Waals surface area contributed by atoms with E-state index in [1.165, 1.54) is 12.1 Å². The average molecular weight is 289 g/mol. The molecule has 1 aromatic carbocycles. The van der Waals surface area contributed by atoms with Crippen LogP contribution < -0.4 is 11.3 Å². The second-order valence-electron chi connectivity index (χ2n) is 4.08. The first-order valence-corrected chi connectivity index (χ1v) is 6.30. The van der Waals surface area contributed by atoms with Gasteiger partial charge in [-0.25, -0.2) is 4.39 Å². The van der Waals surface area contributed by atoms with E-state index in [1.807, 2.05) is 0 Å². The molecule has 0 saturated carbocycles. The molecule has 0 radical (unpaired) electrons. The molecule has 0 amide bonds. The molecule has 3 N–H and O–H groups in total. The first kappa shape index (κ1) is 13.6. The zero-order valence-electron chi connectivity index (χ0n) is 9.63. The van der Waals surface area contributed by atoms with Gasteiger partial charge < -0.3 is 0 Å². The van der Waals surface area contributed by atoms with E-state index in [4.69, 9.17) is 5.84 Å². The van der Waals surface area contributed by atoms with Crippen molar-refractivity contribution in [3.63, 3.8) is 0 Å². The topological polar surface area (TPSA) is 38.0 Å². The zero-order chi connectivity index (χ0) is 12.1. The molecule has 0 spiro atoms. The van der Waals surface area contributed by atoms with Crippen molar-refractivity contribution in [3.05, 3.63) is 34.1 Å². The summed E-state index contributed by atoms with van der Waals surface area (Å²) in [6.45, 7) is 4.25. The van der Waals surface area contributed by atoms with Crippen LogP contribution in [0.2, 0.25) is 0 Å². The van der Waals surface area contributed by atoms with Crippen LogP contribution in [-0.2, 0) is 0 Å². The molecule has 0 aliphatic rings. The predicted molar refractivity (Wildman–Crippen MR) is 68.2 cm³/mol. The molecule has 0 bridgehead atoms. The smallest absolute Gasteiger partial charge is 0.123 e. The first-order valence-electron chi connectivity index (χ1n) is 5.51. The van der Waals surface area contributed by atoms with Crippen LogP contribution in [0.25, 0.3) is 0 Å². The Morgan fingerprint density at radius 3 is 2.75 bits per heavy atom. The third-order valence-electron chi connectivity index (χ3n) is 2.79. The summed E-state index contributed by atoms with van der Waals surface area (Å²) >= 11 is 3.43. The van der Waals surface area contributed by atoms with Gasteiger partial charge in [-0.2, -0.15) is 0 Å². The van der Waals surface area contributed by atoms with Crippen molar-refractivity contribution in [2.75, 3.05) is 0 Å². The molecule has 0 heterocycles. The number of benzene rings is 1. The van der Waals surface area contributed by atoms with Gasteiger partial charge in [0, 0.05) is 10.5 Å². The SMILES string of the molecule is CCCC(C)C(NN)c1cc(F)ccc1Br. The van der Waals surface area contributed by atoms with Crippen molar-refractivity contribution in [1.29, 1.82) is 0 Å². The second kappa shape index (κ2) is 6.33. The number of rotatable bonds is 5. The zero-order valence-corrected chi connectivity index (χ0v) is 11.2. The quantitative estimate of drug-likeness (QED) is 0.643. The van der Waals surface area contributed by atoms with Crippen LogP contribution >= 0.6 is 15.9 Å². The van der Waals surface area contributed by atoms with Crippen LogP contribution in [0.15, 0.2) is 22.7 Å².